The first kappa shape index (κ1) is 21.9. The standard InChI is InChI=1S/C28H32N2O3/c1-32-26-8-6-25(7-9-26)28(11-2-3-12-28)27(31)30-14-15-33-20-22(19-30)16-21-4-5-23-10-13-29-18-24(23)17-21/h4-10,13,17-18,22H,2-3,11-12,14-16,19-20H2,1H3/t22-/m0/s1. The van der Waals surface area contributed by atoms with Gasteiger partial charge in [-0.05, 0) is 60.0 Å². The normalized spacial score (nSPS) is 20.5. The first-order chi connectivity index (χ1) is 16.2. The van der Waals surface area contributed by atoms with Crippen molar-refractivity contribution in [1.82, 2.24) is 9.88 Å². The Labute approximate surface area is 195 Å². The van der Waals surface area contributed by atoms with Gasteiger partial charge in [0.2, 0.25) is 5.91 Å². The Balaban J connectivity index is 1.36. The molecule has 1 aliphatic carbocycles. The summed E-state index contributed by atoms with van der Waals surface area (Å²) < 4.78 is 11.3. The lowest BCUT2D eigenvalue weighted by atomic mass is 9.77. The third-order valence-corrected chi connectivity index (χ3v) is 7.36. The molecule has 1 aliphatic heterocycles. The Kier molecular flexibility index (Phi) is 6.32. The van der Waals surface area contributed by atoms with Crippen LogP contribution in [0.25, 0.3) is 10.8 Å². The summed E-state index contributed by atoms with van der Waals surface area (Å²) in [4.78, 5) is 20.4. The summed E-state index contributed by atoms with van der Waals surface area (Å²) in [5.74, 6) is 1.37. The lowest BCUT2D eigenvalue weighted by molar-refractivity contribution is -0.137. The van der Waals surface area contributed by atoms with Crippen molar-refractivity contribution in [3.05, 3.63) is 72.1 Å². The fraction of sp³-hybridized carbons (Fsp3) is 0.429. The molecule has 3 aromatic rings. The molecule has 1 amide bonds. The lowest BCUT2D eigenvalue weighted by Gasteiger charge is -2.35. The maximum Gasteiger partial charge on any atom is 0.233 e. The van der Waals surface area contributed by atoms with Crippen LogP contribution in [0.1, 0.15) is 36.8 Å². The van der Waals surface area contributed by atoms with Gasteiger partial charge < -0.3 is 14.4 Å². The van der Waals surface area contributed by atoms with Gasteiger partial charge in [-0.1, -0.05) is 37.1 Å². The second-order valence-corrected chi connectivity index (χ2v) is 9.47. The number of ether oxygens (including phenoxy) is 2. The zero-order valence-electron chi connectivity index (χ0n) is 19.3. The molecule has 2 heterocycles. The molecule has 0 radical (unpaired) electrons. The largest absolute Gasteiger partial charge is 0.497 e. The number of aromatic nitrogens is 1. The maximum atomic E-state index is 14.0. The van der Waals surface area contributed by atoms with Crippen molar-refractivity contribution >= 4 is 16.7 Å². The number of hydrogen-bond acceptors (Lipinski definition) is 4. The smallest absolute Gasteiger partial charge is 0.233 e. The van der Waals surface area contributed by atoms with E-state index in [1.807, 2.05) is 30.6 Å². The van der Waals surface area contributed by atoms with Crippen molar-refractivity contribution in [3.8, 4) is 5.75 Å². The van der Waals surface area contributed by atoms with Gasteiger partial charge in [0.05, 0.1) is 25.7 Å². The van der Waals surface area contributed by atoms with E-state index in [1.165, 1.54) is 10.9 Å². The summed E-state index contributed by atoms with van der Waals surface area (Å²) in [6.45, 7) is 2.68. The average Bonchev–Trinajstić information content (AvgIpc) is 3.25. The second-order valence-electron chi connectivity index (χ2n) is 9.47. The maximum absolute atomic E-state index is 14.0. The third-order valence-electron chi connectivity index (χ3n) is 7.36. The highest BCUT2D eigenvalue weighted by Gasteiger charge is 2.45. The Morgan fingerprint density at radius 1 is 1.12 bits per heavy atom. The molecule has 1 saturated heterocycles. The van der Waals surface area contributed by atoms with E-state index in [2.05, 4.69) is 40.2 Å². The van der Waals surface area contributed by atoms with E-state index in [-0.39, 0.29) is 11.8 Å². The lowest BCUT2D eigenvalue weighted by Crippen LogP contribution is -2.47. The Bertz CT molecular complexity index is 1110. The Hall–Kier alpha value is -2.92. The van der Waals surface area contributed by atoms with E-state index < -0.39 is 5.41 Å². The molecule has 1 aromatic heterocycles. The fourth-order valence-corrected chi connectivity index (χ4v) is 5.60. The van der Waals surface area contributed by atoms with E-state index in [0.29, 0.717) is 19.8 Å². The summed E-state index contributed by atoms with van der Waals surface area (Å²) in [5, 5.41) is 2.35. The van der Waals surface area contributed by atoms with Gasteiger partial charge in [0.15, 0.2) is 0 Å². The highest BCUT2D eigenvalue weighted by atomic mass is 16.5. The molecule has 33 heavy (non-hydrogen) atoms. The van der Waals surface area contributed by atoms with Crippen LogP contribution in [0.5, 0.6) is 5.75 Å². The van der Waals surface area contributed by atoms with Crippen LogP contribution in [0.2, 0.25) is 0 Å². The SMILES string of the molecule is COc1ccc(C2(C(=O)N3CCOC[C@@H](Cc4ccc5ccncc5c4)C3)CCCC2)cc1. The zero-order valence-corrected chi connectivity index (χ0v) is 19.3. The predicted octanol–water partition coefficient (Wildman–Crippen LogP) is 4.77. The van der Waals surface area contributed by atoms with Gasteiger partial charge in [-0.3, -0.25) is 9.78 Å². The van der Waals surface area contributed by atoms with Crippen LogP contribution in [0.15, 0.2) is 60.9 Å². The molecule has 2 aromatic carbocycles. The predicted molar refractivity (Wildman–Crippen MR) is 129 cm³/mol. The van der Waals surface area contributed by atoms with Gasteiger partial charge in [0, 0.05) is 36.8 Å². The molecule has 0 unspecified atom stereocenters. The highest BCUT2D eigenvalue weighted by molar-refractivity contribution is 5.89. The number of methoxy groups -OCH3 is 1. The number of benzene rings is 2. The minimum absolute atomic E-state index is 0.267. The van der Waals surface area contributed by atoms with Crippen LogP contribution in [0.3, 0.4) is 0 Å². The van der Waals surface area contributed by atoms with Gasteiger partial charge in [0.25, 0.3) is 0 Å². The Morgan fingerprint density at radius 2 is 1.94 bits per heavy atom. The number of amides is 1. The summed E-state index contributed by atoms with van der Waals surface area (Å²) in [5.41, 5.74) is 1.97. The first-order valence-corrected chi connectivity index (χ1v) is 12.0. The van der Waals surface area contributed by atoms with Crippen LogP contribution in [0, 0.1) is 5.92 Å². The summed E-state index contributed by atoms with van der Waals surface area (Å²) in [6, 6.07) is 16.7. The highest BCUT2D eigenvalue weighted by Crippen LogP contribution is 2.43. The van der Waals surface area contributed by atoms with Crippen molar-refractivity contribution in [1.29, 1.82) is 0 Å². The molecule has 2 aliphatic rings. The van der Waals surface area contributed by atoms with Crippen molar-refractivity contribution in [2.75, 3.05) is 33.4 Å². The Morgan fingerprint density at radius 3 is 2.73 bits per heavy atom. The monoisotopic (exact) mass is 444 g/mol. The number of pyridine rings is 1. The molecule has 0 bridgehead atoms. The van der Waals surface area contributed by atoms with Crippen LogP contribution < -0.4 is 4.74 Å². The average molecular weight is 445 g/mol. The van der Waals surface area contributed by atoms with Gasteiger partial charge in [0.1, 0.15) is 5.75 Å². The molecular formula is C28H32N2O3. The summed E-state index contributed by atoms with van der Waals surface area (Å²) in [7, 11) is 1.68. The van der Waals surface area contributed by atoms with Crippen molar-refractivity contribution < 1.29 is 14.3 Å². The molecule has 5 rings (SSSR count). The zero-order chi connectivity index (χ0) is 22.7. The first-order valence-electron chi connectivity index (χ1n) is 12.0. The van der Waals surface area contributed by atoms with Crippen molar-refractivity contribution in [3.63, 3.8) is 0 Å². The molecule has 172 valence electrons. The van der Waals surface area contributed by atoms with Crippen LogP contribution in [-0.4, -0.2) is 49.2 Å². The van der Waals surface area contributed by atoms with Crippen molar-refractivity contribution in [2.45, 2.75) is 37.5 Å². The van der Waals surface area contributed by atoms with E-state index in [4.69, 9.17) is 9.47 Å². The number of rotatable bonds is 5. The molecule has 2 fully saturated rings. The summed E-state index contributed by atoms with van der Waals surface area (Å²) in [6.07, 6.45) is 8.65. The van der Waals surface area contributed by atoms with Gasteiger partial charge >= 0.3 is 0 Å². The number of fused-ring (bicyclic) bond motifs is 1. The number of nitrogens with zero attached hydrogens (tertiary/aromatic N) is 2. The van der Waals surface area contributed by atoms with E-state index in [0.717, 1.165) is 55.3 Å². The van der Waals surface area contributed by atoms with Crippen LogP contribution >= 0.6 is 0 Å². The molecule has 0 spiro atoms. The van der Waals surface area contributed by atoms with Crippen LogP contribution in [0.4, 0.5) is 0 Å². The van der Waals surface area contributed by atoms with Gasteiger partial charge in [-0.2, -0.15) is 0 Å². The van der Waals surface area contributed by atoms with E-state index in [1.54, 1.807) is 7.11 Å². The van der Waals surface area contributed by atoms with Gasteiger partial charge in [-0.25, -0.2) is 0 Å². The van der Waals surface area contributed by atoms with Gasteiger partial charge in [-0.15, -0.1) is 0 Å². The molecule has 1 atom stereocenters. The minimum atomic E-state index is -0.421. The quantitative estimate of drug-likeness (QED) is 0.569. The topological polar surface area (TPSA) is 51.7 Å². The third kappa shape index (κ3) is 4.47. The summed E-state index contributed by atoms with van der Waals surface area (Å²) >= 11 is 0. The van der Waals surface area contributed by atoms with Crippen LogP contribution in [-0.2, 0) is 21.4 Å². The molecule has 1 saturated carbocycles. The molecular weight excluding hydrogens is 412 g/mol. The van der Waals surface area contributed by atoms with E-state index >= 15 is 0 Å². The minimum Gasteiger partial charge on any atom is -0.497 e. The number of carbonyl (C=O) groups excluding carboxylic acids is 1. The molecule has 5 nitrogen and oxygen atoms in total. The van der Waals surface area contributed by atoms with Crippen molar-refractivity contribution in [2.24, 2.45) is 5.92 Å². The molecule has 0 N–H and O–H groups in total. The second kappa shape index (κ2) is 9.52. The fourth-order valence-electron chi connectivity index (χ4n) is 5.60. The number of hydrogen-bond donors (Lipinski definition) is 0. The van der Waals surface area contributed by atoms with E-state index in [9.17, 15) is 4.79 Å². The molecule has 5 heteroatoms. The number of carbonyl (C=O) groups is 1.